The van der Waals surface area contributed by atoms with Crippen molar-refractivity contribution < 1.29 is 13.2 Å². The van der Waals surface area contributed by atoms with Gasteiger partial charge in [-0.2, -0.15) is 4.31 Å². The third-order valence-electron chi connectivity index (χ3n) is 5.07. The molecule has 1 fully saturated rings. The molecule has 0 radical (unpaired) electrons. The minimum Gasteiger partial charge on any atom is -0.495 e. The number of nitrogens with zero attached hydrogens (tertiary/aromatic N) is 5. The van der Waals surface area contributed by atoms with Crippen molar-refractivity contribution >= 4 is 27.5 Å². The molecule has 1 aliphatic heterocycles. The molecule has 0 atom stereocenters. The molecule has 3 heterocycles. The van der Waals surface area contributed by atoms with E-state index in [2.05, 4.69) is 20.5 Å². The van der Waals surface area contributed by atoms with Gasteiger partial charge < -0.3 is 15.0 Å². The maximum atomic E-state index is 13.0. The number of methoxy groups -OCH3 is 1. The van der Waals surface area contributed by atoms with Crippen LogP contribution in [0.15, 0.2) is 59.6 Å². The smallest absolute Gasteiger partial charge is 0.246 e. The van der Waals surface area contributed by atoms with Crippen molar-refractivity contribution in [3.05, 3.63) is 60.3 Å². The van der Waals surface area contributed by atoms with E-state index in [4.69, 9.17) is 4.74 Å². The number of ether oxygens (including phenoxy) is 1. The van der Waals surface area contributed by atoms with Gasteiger partial charge in [-0.25, -0.2) is 13.4 Å². The maximum absolute atomic E-state index is 13.0. The number of piperazine rings is 1. The van der Waals surface area contributed by atoms with Crippen LogP contribution in [0.3, 0.4) is 0 Å². The summed E-state index contributed by atoms with van der Waals surface area (Å²) in [6.45, 7) is 3.74. The van der Waals surface area contributed by atoms with E-state index in [1.807, 2.05) is 36.1 Å². The van der Waals surface area contributed by atoms with Crippen molar-refractivity contribution in [2.24, 2.45) is 0 Å². The lowest BCUT2D eigenvalue weighted by atomic mass is 10.3. The van der Waals surface area contributed by atoms with Gasteiger partial charge in [0.25, 0.3) is 0 Å². The number of rotatable bonds is 6. The van der Waals surface area contributed by atoms with Crippen molar-refractivity contribution in [3.63, 3.8) is 0 Å². The molecule has 0 spiro atoms. The molecule has 10 heteroatoms. The highest BCUT2D eigenvalue weighted by Crippen LogP contribution is 2.27. The van der Waals surface area contributed by atoms with Crippen LogP contribution < -0.4 is 15.0 Å². The zero-order valence-electron chi connectivity index (χ0n) is 17.4. The Morgan fingerprint density at radius 1 is 0.935 bits per heavy atom. The van der Waals surface area contributed by atoms with Crippen LogP contribution in [-0.2, 0) is 10.0 Å². The number of hydrogen-bond acceptors (Lipinski definition) is 8. The number of benzene rings is 1. The van der Waals surface area contributed by atoms with Crippen LogP contribution in [0.5, 0.6) is 5.75 Å². The topological polar surface area (TPSA) is 101 Å². The van der Waals surface area contributed by atoms with Gasteiger partial charge in [0.05, 0.1) is 7.11 Å². The molecule has 0 aliphatic carbocycles. The summed E-state index contributed by atoms with van der Waals surface area (Å²) < 4.78 is 32.8. The number of pyridine rings is 1. The molecule has 162 valence electrons. The van der Waals surface area contributed by atoms with Gasteiger partial charge in [0.15, 0.2) is 11.6 Å². The average Bonchev–Trinajstić information content (AvgIpc) is 2.81. The number of aromatic nitrogens is 3. The Labute approximate surface area is 181 Å². The standard InChI is InChI=1S/C21H24N6O3S/c1-16-7-8-19(22-15-16)23-20-9-10-21(25-24-20)26-11-13-27(14-12-26)31(28,29)18-6-4-3-5-17(18)30-2/h3-10,15H,11-14H2,1-2H3,(H,22,23,24). The molecule has 0 bridgehead atoms. The summed E-state index contributed by atoms with van der Waals surface area (Å²) >= 11 is 0. The first-order valence-electron chi connectivity index (χ1n) is 9.89. The molecule has 0 amide bonds. The highest BCUT2D eigenvalue weighted by molar-refractivity contribution is 7.89. The molecule has 1 aromatic carbocycles. The number of aryl methyl sites for hydroxylation is 1. The second-order valence-corrected chi connectivity index (χ2v) is 9.07. The van der Waals surface area contributed by atoms with E-state index in [9.17, 15) is 8.42 Å². The van der Waals surface area contributed by atoms with Crippen LogP contribution >= 0.6 is 0 Å². The summed E-state index contributed by atoms with van der Waals surface area (Å²) in [4.78, 5) is 6.50. The minimum atomic E-state index is -3.63. The number of anilines is 3. The third kappa shape index (κ3) is 4.59. The van der Waals surface area contributed by atoms with Crippen LogP contribution in [0.4, 0.5) is 17.5 Å². The lowest BCUT2D eigenvalue weighted by Crippen LogP contribution is -2.49. The molecule has 2 aromatic heterocycles. The fourth-order valence-electron chi connectivity index (χ4n) is 3.36. The summed E-state index contributed by atoms with van der Waals surface area (Å²) in [5.74, 6) is 2.35. The summed E-state index contributed by atoms with van der Waals surface area (Å²) in [6.07, 6.45) is 1.78. The first-order valence-corrected chi connectivity index (χ1v) is 11.3. The molecule has 0 saturated carbocycles. The third-order valence-corrected chi connectivity index (χ3v) is 7.01. The zero-order chi connectivity index (χ0) is 21.8. The lowest BCUT2D eigenvalue weighted by molar-refractivity contribution is 0.373. The summed E-state index contributed by atoms with van der Waals surface area (Å²) in [5, 5.41) is 11.6. The normalized spacial score (nSPS) is 15.0. The molecule has 1 aliphatic rings. The number of hydrogen-bond donors (Lipinski definition) is 1. The van der Waals surface area contributed by atoms with Gasteiger partial charge in [-0.1, -0.05) is 18.2 Å². The summed E-state index contributed by atoms with van der Waals surface area (Å²) in [7, 11) is -2.16. The van der Waals surface area contributed by atoms with E-state index >= 15 is 0 Å². The molecule has 31 heavy (non-hydrogen) atoms. The van der Waals surface area contributed by atoms with Gasteiger partial charge >= 0.3 is 0 Å². The van der Waals surface area contributed by atoms with Crippen LogP contribution in [0.25, 0.3) is 0 Å². The molecular weight excluding hydrogens is 416 g/mol. The molecule has 0 unspecified atom stereocenters. The first kappa shape index (κ1) is 21.0. The van der Waals surface area contributed by atoms with Gasteiger partial charge in [0, 0.05) is 32.4 Å². The van der Waals surface area contributed by atoms with Gasteiger partial charge in [-0.3, -0.25) is 0 Å². The average molecular weight is 441 g/mol. The molecule has 3 aromatic rings. The van der Waals surface area contributed by atoms with Crippen molar-refractivity contribution in [1.29, 1.82) is 0 Å². The molecule has 1 saturated heterocycles. The Morgan fingerprint density at radius 3 is 2.32 bits per heavy atom. The predicted molar refractivity (Wildman–Crippen MR) is 118 cm³/mol. The SMILES string of the molecule is COc1ccccc1S(=O)(=O)N1CCN(c2ccc(Nc3ccc(C)cn3)nn2)CC1. The molecule has 9 nitrogen and oxygen atoms in total. The fraction of sp³-hybridized carbons (Fsp3) is 0.286. The largest absolute Gasteiger partial charge is 0.495 e. The van der Waals surface area contributed by atoms with E-state index in [1.54, 1.807) is 30.5 Å². The number of para-hydroxylation sites is 1. The lowest BCUT2D eigenvalue weighted by Gasteiger charge is -2.34. The fourth-order valence-corrected chi connectivity index (χ4v) is 4.94. The van der Waals surface area contributed by atoms with Crippen LogP contribution in [0.1, 0.15) is 5.56 Å². The zero-order valence-corrected chi connectivity index (χ0v) is 18.2. The van der Waals surface area contributed by atoms with E-state index in [0.29, 0.717) is 49.4 Å². The highest BCUT2D eigenvalue weighted by atomic mass is 32.2. The Bertz CT molecular complexity index is 1130. The Morgan fingerprint density at radius 2 is 1.68 bits per heavy atom. The van der Waals surface area contributed by atoms with Crippen molar-refractivity contribution in [1.82, 2.24) is 19.5 Å². The number of sulfonamides is 1. The van der Waals surface area contributed by atoms with E-state index in [-0.39, 0.29) is 4.90 Å². The number of nitrogens with one attached hydrogen (secondary N) is 1. The van der Waals surface area contributed by atoms with Crippen molar-refractivity contribution in [2.45, 2.75) is 11.8 Å². The Balaban J connectivity index is 1.40. The van der Waals surface area contributed by atoms with Gasteiger partial charge in [0.1, 0.15) is 16.5 Å². The minimum absolute atomic E-state index is 0.186. The Hall–Kier alpha value is -3.24. The predicted octanol–water partition coefficient (Wildman–Crippen LogP) is 2.44. The van der Waals surface area contributed by atoms with Gasteiger partial charge in [0.2, 0.25) is 10.0 Å². The van der Waals surface area contributed by atoms with E-state index < -0.39 is 10.0 Å². The maximum Gasteiger partial charge on any atom is 0.246 e. The van der Waals surface area contributed by atoms with E-state index in [0.717, 1.165) is 5.56 Å². The quantitative estimate of drug-likeness (QED) is 0.624. The second-order valence-electron chi connectivity index (χ2n) is 7.16. The Kier molecular flexibility index (Phi) is 6.01. The van der Waals surface area contributed by atoms with Crippen molar-refractivity contribution in [2.75, 3.05) is 43.5 Å². The molecule has 4 rings (SSSR count). The monoisotopic (exact) mass is 440 g/mol. The van der Waals surface area contributed by atoms with Gasteiger partial charge in [-0.15, -0.1) is 10.2 Å². The highest BCUT2D eigenvalue weighted by Gasteiger charge is 2.31. The first-order chi connectivity index (χ1) is 15.0. The van der Waals surface area contributed by atoms with Crippen LogP contribution in [0.2, 0.25) is 0 Å². The van der Waals surface area contributed by atoms with Crippen LogP contribution in [0, 0.1) is 6.92 Å². The summed E-state index contributed by atoms with van der Waals surface area (Å²) in [6, 6.07) is 14.2. The molecular formula is C21H24N6O3S. The molecule has 1 N–H and O–H groups in total. The summed E-state index contributed by atoms with van der Waals surface area (Å²) in [5.41, 5.74) is 1.08. The van der Waals surface area contributed by atoms with Gasteiger partial charge in [-0.05, 0) is 42.8 Å². The van der Waals surface area contributed by atoms with Crippen molar-refractivity contribution in [3.8, 4) is 5.75 Å². The second kappa shape index (κ2) is 8.86. The van der Waals surface area contributed by atoms with E-state index in [1.165, 1.54) is 11.4 Å². The van der Waals surface area contributed by atoms with Crippen LogP contribution in [-0.4, -0.2) is 61.2 Å².